The normalized spacial score (nSPS) is 11.3. The first-order valence-corrected chi connectivity index (χ1v) is 10.1. The molecule has 0 radical (unpaired) electrons. The van der Waals surface area contributed by atoms with Crippen LogP contribution < -0.4 is 5.32 Å². The van der Waals surface area contributed by atoms with E-state index in [2.05, 4.69) is 79.7 Å². The molecule has 0 aliphatic heterocycles. The summed E-state index contributed by atoms with van der Waals surface area (Å²) < 4.78 is 2.14. The molecule has 0 saturated carbocycles. The van der Waals surface area contributed by atoms with Gasteiger partial charge in [-0.3, -0.25) is 4.40 Å². The van der Waals surface area contributed by atoms with E-state index < -0.39 is 0 Å². The van der Waals surface area contributed by atoms with Crippen LogP contribution >= 0.6 is 11.3 Å². The van der Waals surface area contributed by atoms with Gasteiger partial charge in [0.05, 0.1) is 9.75 Å². The molecule has 0 bridgehead atoms. The number of aromatic nitrogens is 2. The molecule has 140 valence electrons. The number of rotatable bonds is 2. The Morgan fingerprint density at radius 2 is 1.75 bits per heavy atom. The predicted octanol–water partition coefficient (Wildman–Crippen LogP) is 5.98. The quantitative estimate of drug-likeness (QED) is 0.430. The van der Waals surface area contributed by atoms with Gasteiger partial charge in [-0.15, -0.1) is 11.3 Å². The Morgan fingerprint density at radius 1 is 0.964 bits per heavy atom. The van der Waals surface area contributed by atoms with Crippen LogP contribution in [0.1, 0.15) is 36.8 Å². The molecule has 0 aliphatic carbocycles. The zero-order chi connectivity index (χ0) is 19.7. The molecule has 0 fully saturated rings. The van der Waals surface area contributed by atoms with Gasteiger partial charge in [-0.25, -0.2) is 4.98 Å². The number of nitrogens with one attached hydrogen (secondary N) is 1. The third kappa shape index (κ3) is 3.95. The third-order valence-electron chi connectivity index (χ3n) is 4.20. The highest BCUT2D eigenvalue weighted by Crippen LogP contribution is 2.35. The first kappa shape index (κ1) is 18.3. The number of nitrogens with zero attached hydrogens (tertiary/aromatic N) is 2. The van der Waals surface area contributed by atoms with E-state index >= 15 is 0 Å². The summed E-state index contributed by atoms with van der Waals surface area (Å²) in [4.78, 5) is 7.05. The van der Waals surface area contributed by atoms with Crippen molar-refractivity contribution in [2.75, 3.05) is 5.32 Å². The minimum atomic E-state index is -0.0678. The lowest BCUT2D eigenvalue weighted by molar-refractivity contribution is 0.629. The number of fused-ring (bicyclic) bond motifs is 1. The van der Waals surface area contributed by atoms with Crippen molar-refractivity contribution in [3.05, 3.63) is 76.8 Å². The SMILES string of the molecule is Cc1ccc2nc(-c3ccc(C#Cc4ccccc4)s3)c(NC(C)(C)C)n2c1. The summed E-state index contributed by atoms with van der Waals surface area (Å²) in [5, 5.41) is 3.64. The molecule has 0 unspecified atom stereocenters. The lowest BCUT2D eigenvalue weighted by Crippen LogP contribution is -2.27. The van der Waals surface area contributed by atoms with Crippen LogP contribution in [0.4, 0.5) is 5.82 Å². The van der Waals surface area contributed by atoms with E-state index in [-0.39, 0.29) is 5.54 Å². The van der Waals surface area contributed by atoms with Crippen molar-refractivity contribution in [1.82, 2.24) is 9.38 Å². The van der Waals surface area contributed by atoms with E-state index in [0.717, 1.165) is 32.5 Å². The molecule has 3 heterocycles. The van der Waals surface area contributed by atoms with Crippen LogP contribution in [-0.2, 0) is 0 Å². The predicted molar refractivity (Wildman–Crippen MR) is 119 cm³/mol. The van der Waals surface area contributed by atoms with Gasteiger partial charge >= 0.3 is 0 Å². The highest BCUT2D eigenvalue weighted by molar-refractivity contribution is 7.16. The van der Waals surface area contributed by atoms with Gasteiger partial charge in [0.2, 0.25) is 0 Å². The fourth-order valence-corrected chi connectivity index (χ4v) is 3.84. The number of hydrogen-bond donors (Lipinski definition) is 1. The number of thiophene rings is 1. The number of aryl methyl sites for hydroxylation is 1. The minimum absolute atomic E-state index is 0.0678. The van der Waals surface area contributed by atoms with Crippen molar-refractivity contribution < 1.29 is 0 Å². The molecule has 1 N–H and O–H groups in total. The largest absolute Gasteiger partial charge is 0.365 e. The fourth-order valence-electron chi connectivity index (χ4n) is 2.98. The molecule has 3 aromatic heterocycles. The van der Waals surface area contributed by atoms with Crippen molar-refractivity contribution in [3.63, 3.8) is 0 Å². The van der Waals surface area contributed by atoms with Gasteiger partial charge < -0.3 is 5.32 Å². The molecule has 4 aromatic rings. The van der Waals surface area contributed by atoms with E-state index in [1.165, 1.54) is 5.56 Å². The van der Waals surface area contributed by atoms with Crippen molar-refractivity contribution >= 4 is 22.8 Å². The molecule has 1 aromatic carbocycles. The average Bonchev–Trinajstić information content (AvgIpc) is 3.25. The maximum atomic E-state index is 4.90. The number of pyridine rings is 1. The van der Waals surface area contributed by atoms with Gasteiger partial charge in [-0.1, -0.05) is 36.1 Å². The fraction of sp³-hybridized carbons (Fsp3) is 0.208. The second-order valence-corrected chi connectivity index (χ2v) is 8.98. The molecule has 0 aliphatic rings. The lowest BCUT2D eigenvalue weighted by atomic mass is 10.1. The van der Waals surface area contributed by atoms with E-state index in [9.17, 15) is 0 Å². The second-order valence-electron chi connectivity index (χ2n) is 7.90. The van der Waals surface area contributed by atoms with Crippen LogP contribution in [0, 0.1) is 18.8 Å². The van der Waals surface area contributed by atoms with E-state index in [0.29, 0.717) is 0 Å². The van der Waals surface area contributed by atoms with Crippen LogP contribution in [0.25, 0.3) is 16.2 Å². The first-order valence-electron chi connectivity index (χ1n) is 9.33. The van der Waals surface area contributed by atoms with Gasteiger partial charge in [0.1, 0.15) is 17.2 Å². The summed E-state index contributed by atoms with van der Waals surface area (Å²) in [7, 11) is 0. The van der Waals surface area contributed by atoms with Crippen molar-refractivity contribution in [2.45, 2.75) is 33.2 Å². The molecule has 28 heavy (non-hydrogen) atoms. The van der Waals surface area contributed by atoms with Gasteiger partial charge in [0, 0.05) is 17.3 Å². The Kier molecular flexibility index (Phi) is 4.70. The monoisotopic (exact) mass is 385 g/mol. The minimum Gasteiger partial charge on any atom is -0.365 e. The van der Waals surface area contributed by atoms with Gasteiger partial charge in [0.15, 0.2) is 0 Å². The topological polar surface area (TPSA) is 29.3 Å². The average molecular weight is 386 g/mol. The van der Waals surface area contributed by atoms with Crippen molar-refractivity contribution in [2.24, 2.45) is 0 Å². The van der Waals surface area contributed by atoms with Gasteiger partial charge in [-0.05, 0) is 63.6 Å². The standard InChI is InChI=1S/C24H23N3S/c1-17-10-15-21-25-22(23(27(21)16-17)26-24(2,3)4)20-14-13-19(28-20)12-11-18-8-6-5-7-9-18/h5-10,13-16,26H,1-4H3. The summed E-state index contributed by atoms with van der Waals surface area (Å²) >= 11 is 1.68. The molecule has 4 rings (SSSR count). The van der Waals surface area contributed by atoms with Gasteiger partial charge in [-0.2, -0.15) is 0 Å². The highest BCUT2D eigenvalue weighted by Gasteiger charge is 2.20. The van der Waals surface area contributed by atoms with Crippen LogP contribution in [0.15, 0.2) is 60.8 Å². The number of hydrogen-bond acceptors (Lipinski definition) is 3. The van der Waals surface area contributed by atoms with E-state index in [1.54, 1.807) is 11.3 Å². The maximum absolute atomic E-state index is 4.90. The maximum Gasteiger partial charge on any atom is 0.140 e. The Hall–Kier alpha value is -3.03. The second kappa shape index (κ2) is 7.18. The summed E-state index contributed by atoms with van der Waals surface area (Å²) in [5.41, 5.74) is 4.07. The first-order chi connectivity index (χ1) is 13.4. The molecule has 0 saturated heterocycles. The van der Waals surface area contributed by atoms with Crippen LogP contribution in [-0.4, -0.2) is 14.9 Å². The Bertz CT molecular complexity index is 1180. The third-order valence-corrected chi connectivity index (χ3v) is 5.21. The zero-order valence-corrected chi connectivity index (χ0v) is 17.4. The molecule has 0 atom stereocenters. The van der Waals surface area contributed by atoms with Crippen LogP contribution in [0.2, 0.25) is 0 Å². The summed E-state index contributed by atoms with van der Waals surface area (Å²) in [6.45, 7) is 8.59. The molecule has 0 amide bonds. The summed E-state index contributed by atoms with van der Waals surface area (Å²) in [6, 6.07) is 18.4. The summed E-state index contributed by atoms with van der Waals surface area (Å²) in [5.74, 6) is 7.53. The van der Waals surface area contributed by atoms with Crippen molar-refractivity contribution in [3.8, 4) is 22.4 Å². The van der Waals surface area contributed by atoms with Crippen LogP contribution in [0.3, 0.4) is 0 Å². The molecular weight excluding hydrogens is 362 g/mol. The molecule has 4 heteroatoms. The number of imidazole rings is 1. The number of anilines is 1. The van der Waals surface area contributed by atoms with Crippen LogP contribution in [0.5, 0.6) is 0 Å². The van der Waals surface area contributed by atoms with Gasteiger partial charge in [0.25, 0.3) is 0 Å². The number of benzene rings is 1. The highest BCUT2D eigenvalue weighted by atomic mass is 32.1. The Balaban J connectivity index is 1.76. The van der Waals surface area contributed by atoms with E-state index in [1.807, 2.05) is 30.3 Å². The summed E-state index contributed by atoms with van der Waals surface area (Å²) in [6.07, 6.45) is 2.13. The smallest absolute Gasteiger partial charge is 0.140 e. The Morgan fingerprint density at radius 3 is 2.50 bits per heavy atom. The molecule has 3 nitrogen and oxygen atoms in total. The van der Waals surface area contributed by atoms with E-state index in [4.69, 9.17) is 4.98 Å². The zero-order valence-electron chi connectivity index (χ0n) is 16.6. The Labute approximate surface area is 170 Å². The molecule has 0 spiro atoms. The lowest BCUT2D eigenvalue weighted by Gasteiger charge is -2.22. The van der Waals surface area contributed by atoms with Crippen molar-refractivity contribution in [1.29, 1.82) is 0 Å². The molecular formula is C24H23N3S.